The molecule has 0 saturated carbocycles. The van der Waals surface area contributed by atoms with Gasteiger partial charge in [0, 0.05) is 10.0 Å². The highest BCUT2D eigenvalue weighted by Crippen LogP contribution is 2.32. The SMILES string of the molecule is Cc1ccc(C(=O)N(Cc2ccco2)c2nc3ccc(Br)cc3s2)cc1C. The van der Waals surface area contributed by atoms with E-state index in [0.29, 0.717) is 23.0 Å². The first-order valence-corrected chi connectivity index (χ1v) is 10.1. The molecule has 2 aromatic heterocycles. The van der Waals surface area contributed by atoms with Crippen LogP contribution in [0.4, 0.5) is 5.13 Å². The number of nitrogens with zero attached hydrogens (tertiary/aromatic N) is 2. The lowest BCUT2D eigenvalue weighted by Gasteiger charge is -2.19. The fraction of sp³-hybridized carbons (Fsp3) is 0.143. The number of carbonyl (C=O) groups is 1. The van der Waals surface area contributed by atoms with Crippen LogP contribution in [0.5, 0.6) is 0 Å². The van der Waals surface area contributed by atoms with Gasteiger partial charge in [0.25, 0.3) is 5.91 Å². The lowest BCUT2D eigenvalue weighted by atomic mass is 10.1. The highest BCUT2D eigenvalue weighted by Gasteiger charge is 2.23. The molecule has 2 aromatic carbocycles. The third-order valence-corrected chi connectivity index (χ3v) is 6.00. The molecule has 0 N–H and O–H groups in total. The summed E-state index contributed by atoms with van der Waals surface area (Å²) < 4.78 is 7.50. The molecule has 4 rings (SSSR count). The van der Waals surface area contributed by atoms with Gasteiger partial charge in [-0.1, -0.05) is 33.3 Å². The van der Waals surface area contributed by atoms with Crippen molar-refractivity contribution < 1.29 is 9.21 Å². The summed E-state index contributed by atoms with van der Waals surface area (Å²) in [5.74, 6) is 0.625. The van der Waals surface area contributed by atoms with Crippen molar-refractivity contribution in [3.05, 3.63) is 81.7 Å². The highest BCUT2D eigenvalue weighted by atomic mass is 79.9. The number of aromatic nitrogens is 1. The zero-order valence-corrected chi connectivity index (χ0v) is 17.3. The quantitative estimate of drug-likeness (QED) is 0.384. The van der Waals surface area contributed by atoms with Gasteiger partial charge in [0.2, 0.25) is 0 Å². The summed E-state index contributed by atoms with van der Waals surface area (Å²) in [5.41, 5.74) is 3.77. The fourth-order valence-electron chi connectivity index (χ4n) is 2.82. The summed E-state index contributed by atoms with van der Waals surface area (Å²) in [6.45, 7) is 4.38. The molecule has 0 bridgehead atoms. The summed E-state index contributed by atoms with van der Waals surface area (Å²) in [6.07, 6.45) is 1.61. The number of anilines is 1. The predicted molar refractivity (Wildman–Crippen MR) is 112 cm³/mol. The Morgan fingerprint density at radius 2 is 2.00 bits per heavy atom. The second kappa shape index (κ2) is 7.29. The van der Waals surface area contributed by atoms with Crippen LogP contribution in [0.15, 0.2) is 63.7 Å². The van der Waals surface area contributed by atoms with Gasteiger partial charge in [-0.15, -0.1) is 0 Å². The van der Waals surface area contributed by atoms with Crippen LogP contribution in [0.25, 0.3) is 10.2 Å². The zero-order valence-electron chi connectivity index (χ0n) is 14.9. The number of rotatable bonds is 4. The van der Waals surface area contributed by atoms with E-state index in [9.17, 15) is 4.79 Å². The Balaban J connectivity index is 1.77. The molecule has 2 heterocycles. The Hall–Kier alpha value is -2.44. The maximum absolute atomic E-state index is 13.3. The van der Waals surface area contributed by atoms with E-state index in [1.165, 1.54) is 11.3 Å². The van der Waals surface area contributed by atoms with Gasteiger partial charge in [-0.05, 0) is 67.4 Å². The minimum atomic E-state index is -0.0902. The van der Waals surface area contributed by atoms with E-state index in [4.69, 9.17) is 4.42 Å². The number of amides is 1. The summed E-state index contributed by atoms with van der Waals surface area (Å²) in [5, 5.41) is 0.655. The molecule has 136 valence electrons. The van der Waals surface area contributed by atoms with E-state index >= 15 is 0 Å². The third kappa shape index (κ3) is 3.68. The van der Waals surface area contributed by atoms with Gasteiger partial charge in [-0.2, -0.15) is 0 Å². The number of carbonyl (C=O) groups excluding carboxylic acids is 1. The van der Waals surface area contributed by atoms with Gasteiger partial charge in [-0.25, -0.2) is 4.98 Å². The number of hydrogen-bond donors (Lipinski definition) is 0. The van der Waals surface area contributed by atoms with Crippen LogP contribution in [-0.2, 0) is 6.54 Å². The number of benzene rings is 2. The van der Waals surface area contributed by atoms with Gasteiger partial charge >= 0.3 is 0 Å². The molecular formula is C21H17BrN2O2S. The molecule has 0 saturated heterocycles. The zero-order chi connectivity index (χ0) is 19.0. The lowest BCUT2D eigenvalue weighted by Crippen LogP contribution is -2.30. The maximum Gasteiger partial charge on any atom is 0.260 e. The average molecular weight is 441 g/mol. The van der Waals surface area contributed by atoms with E-state index in [1.54, 1.807) is 11.2 Å². The first-order chi connectivity index (χ1) is 13.0. The van der Waals surface area contributed by atoms with E-state index in [2.05, 4.69) is 20.9 Å². The number of fused-ring (bicyclic) bond motifs is 1. The molecule has 0 aliphatic rings. The van der Waals surface area contributed by atoms with Crippen molar-refractivity contribution in [3.63, 3.8) is 0 Å². The standard InChI is InChI=1S/C21H17BrN2O2S/c1-13-5-6-15(10-14(13)2)20(25)24(12-17-4-3-9-26-17)21-23-18-8-7-16(22)11-19(18)27-21/h3-11H,12H2,1-2H3. The van der Waals surface area contributed by atoms with Crippen LogP contribution in [0.1, 0.15) is 27.2 Å². The highest BCUT2D eigenvalue weighted by molar-refractivity contribution is 9.10. The molecule has 0 aliphatic heterocycles. The molecule has 0 atom stereocenters. The van der Waals surface area contributed by atoms with E-state index in [-0.39, 0.29) is 5.91 Å². The first-order valence-electron chi connectivity index (χ1n) is 8.49. The van der Waals surface area contributed by atoms with Crippen molar-refractivity contribution in [1.29, 1.82) is 0 Å². The van der Waals surface area contributed by atoms with Gasteiger partial charge in [-0.3, -0.25) is 9.69 Å². The monoisotopic (exact) mass is 440 g/mol. The van der Waals surface area contributed by atoms with E-state index in [0.717, 1.165) is 25.8 Å². The third-order valence-electron chi connectivity index (χ3n) is 4.46. The van der Waals surface area contributed by atoms with Gasteiger partial charge in [0.05, 0.1) is 23.0 Å². The van der Waals surface area contributed by atoms with Crippen molar-refractivity contribution in [1.82, 2.24) is 4.98 Å². The predicted octanol–water partition coefficient (Wildman–Crippen LogP) is 6.12. The van der Waals surface area contributed by atoms with Crippen molar-refractivity contribution in [2.24, 2.45) is 0 Å². The van der Waals surface area contributed by atoms with Crippen LogP contribution in [0, 0.1) is 13.8 Å². The molecular weight excluding hydrogens is 424 g/mol. The van der Waals surface area contributed by atoms with Crippen molar-refractivity contribution >= 4 is 48.5 Å². The molecule has 1 amide bonds. The molecule has 4 aromatic rings. The van der Waals surface area contributed by atoms with E-state index in [1.807, 2.05) is 62.4 Å². The first kappa shape index (κ1) is 17.9. The van der Waals surface area contributed by atoms with Gasteiger partial charge < -0.3 is 4.42 Å². The summed E-state index contributed by atoms with van der Waals surface area (Å²) in [4.78, 5) is 19.7. The number of halogens is 1. The van der Waals surface area contributed by atoms with E-state index < -0.39 is 0 Å². The lowest BCUT2D eigenvalue weighted by molar-refractivity contribution is 0.0983. The number of hydrogen-bond acceptors (Lipinski definition) is 4. The van der Waals surface area contributed by atoms with Crippen LogP contribution >= 0.6 is 27.3 Å². The Labute approximate surface area is 169 Å². The summed E-state index contributed by atoms with van der Waals surface area (Å²) in [7, 11) is 0. The van der Waals surface area contributed by atoms with Gasteiger partial charge in [0.1, 0.15) is 5.76 Å². The van der Waals surface area contributed by atoms with Crippen LogP contribution in [-0.4, -0.2) is 10.9 Å². The van der Waals surface area contributed by atoms with Crippen LogP contribution < -0.4 is 4.90 Å². The Bertz CT molecular complexity index is 1120. The molecule has 27 heavy (non-hydrogen) atoms. The molecule has 4 nitrogen and oxygen atoms in total. The minimum Gasteiger partial charge on any atom is -0.467 e. The number of thiazole rings is 1. The molecule has 0 spiro atoms. The van der Waals surface area contributed by atoms with Gasteiger partial charge in [0.15, 0.2) is 5.13 Å². The largest absolute Gasteiger partial charge is 0.467 e. The van der Waals surface area contributed by atoms with Crippen LogP contribution in [0.3, 0.4) is 0 Å². The van der Waals surface area contributed by atoms with Crippen molar-refractivity contribution in [2.45, 2.75) is 20.4 Å². The second-order valence-corrected chi connectivity index (χ2v) is 8.30. The maximum atomic E-state index is 13.3. The summed E-state index contributed by atoms with van der Waals surface area (Å²) >= 11 is 4.99. The molecule has 0 aliphatic carbocycles. The van der Waals surface area contributed by atoms with Crippen LogP contribution in [0.2, 0.25) is 0 Å². The number of aryl methyl sites for hydroxylation is 2. The van der Waals surface area contributed by atoms with Crippen molar-refractivity contribution in [3.8, 4) is 0 Å². The minimum absolute atomic E-state index is 0.0902. The fourth-order valence-corrected chi connectivity index (χ4v) is 4.33. The number of furan rings is 1. The Morgan fingerprint density at radius 1 is 1.15 bits per heavy atom. The topological polar surface area (TPSA) is 46.3 Å². The van der Waals surface area contributed by atoms with Crippen molar-refractivity contribution in [2.75, 3.05) is 4.90 Å². The normalized spacial score (nSPS) is 11.1. The molecule has 0 fully saturated rings. The second-order valence-electron chi connectivity index (χ2n) is 6.38. The summed E-state index contributed by atoms with van der Waals surface area (Å²) in [6, 6.07) is 15.4. The molecule has 0 unspecified atom stereocenters. The smallest absolute Gasteiger partial charge is 0.260 e. The Morgan fingerprint density at radius 3 is 2.74 bits per heavy atom. The molecule has 0 radical (unpaired) electrons. The Kier molecular flexibility index (Phi) is 4.85. The molecule has 6 heteroatoms. The average Bonchev–Trinajstić information content (AvgIpc) is 3.30.